The van der Waals surface area contributed by atoms with Crippen LogP contribution in [0.5, 0.6) is 5.75 Å². The number of hydrogen-bond donors (Lipinski definition) is 3. The highest BCUT2D eigenvalue weighted by Gasteiger charge is 2.58. The number of halogens is 2. The summed E-state index contributed by atoms with van der Waals surface area (Å²) in [4.78, 5) is 27.9. The molecule has 0 spiro atoms. The predicted octanol–water partition coefficient (Wildman–Crippen LogP) is 2.12. The highest BCUT2D eigenvalue weighted by Crippen LogP contribution is 2.48. The second-order valence-corrected chi connectivity index (χ2v) is 10.5. The Morgan fingerprint density at radius 2 is 2.03 bits per heavy atom. The maximum Gasteiger partial charge on any atom is 0.459 e. The first-order valence-electron chi connectivity index (χ1n) is 10.9. The van der Waals surface area contributed by atoms with Gasteiger partial charge in [-0.2, -0.15) is 10.1 Å². The molecular weight excluding hydrogens is 522 g/mol. The summed E-state index contributed by atoms with van der Waals surface area (Å²) in [5.74, 6) is -0.689. The Balaban J connectivity index is 1.79. The van der Waals surface area contributed by atoms with E-state index in [1.165, 1.54) is 25.1 Å². The Morgan fingerprint density at radius 3 is 2.64 bits per heavy atom. The van der Waals surface area contributed by atoms with Crippen LogP contribution in [0.25, 0.3) is 0 Å². The van der Waals surface area contributed by atoms with E-state index < -0.39 is 61.7 Å². The summed E-state index contributed by atoms with van der Waals surface area (Å²) in [6, 6.07) is 8.03. The molecule has 2 heterocycles. The van der Waals surface area contributed by atoms with Gasteiger partial charge in [0.15, 0.2) is 6.23 Å². The third-order valence-corrected chi connectivity index (χ3v) is 6.97. The van der Waals surface area contributed by atoms with Crippen molar-refractivity contribution >= 4 is 31.1 Å². The molecular formula is C21H27ClFN4O8P. The van der Waals surface area contributed by atoms with Crippen molar-refractivity contribution in [1.82, 2.24) is 14.6 Å². The number of carbonyl (C=O) groups is 1. The topological polar surface area (TPSA) is 164 Å². The van der Waals surface area contributed by atoms with Gasteiger partial charge in [0.2, 0.25) is 0 Å². The van der Waals surface area contributed by atoms with Gasteiger partial charge < -0.3 is 24.8 Å². The number of rotatable bonds is 10. The zero-order valence-electron chi connectivity index (χ0n) is 19.6. The van der Waals surface area contributed by atoms with Gasteiger partial charge in [0, 0.05) is 6.20 Å². The lowest BCUT2D eigenvalue weighted by Crippen LogP contribution is -2.41. The molecule has 12 nitrogen and oxygen atoms in total. The fourth-order valence-corrected chi connectivity index (χ4v) is 5.02. The van der Waals surface area contributed by atoms with Crippen LogP contribution >= 0.6 is 19.3 Å². The highest BCUT2D eigenvalue weighted by molar-refractivity contribution is 7.52. The molecule has 15 heteroatoms. The lowest BCUT2D eigenvalue weighted by molar-refractivity contribution is -0.149. The first-order chi connectivity index (χ1) is 16.8. The maximum atomic E-state index is 15.2. The van der Waals surface area contributed by atoms with E-state index in [2.05, 4.69) is 10.1 Å². The third kappa shape index (κ3) is 6.61. The van der Waals surface area contributed by atoms with E-state index in [1.54, 1.807) is 32.0 Å². The van der Waals surface area contributed by atoms with Crippen molar-refractivity contribution in [3.8, 4) is 5.75 Å². The second-order valence-electron chi connectivity index (χ2n) is 8.22. The van der Waals surface area contributed by atoms with Crippen molar-refractivity contribution in [3.05, 3.63) is 53.1 Å². The van der Waals surface area contributed by atoms with Crippen molar-refractivity contribution < 1.29 is 37.4 Å². The van der Waals surface area contributed by atoms with E-state index >= 15 is 4.39 Å². The molecule has 0 bridgehead atoms. The van der Waals surface area contributed by atoms with Crippen LogP contribution < -0.4 is 21.0 Å². The van der Waals surface area contributed by atoms with Crippen molar-refractivity contribution in [2.24, 2.45) is 0 Å². The molecule has 0 amide bonds. The number of aliphatic hydroxyl groups excluding tert-OH is 1. The molecule has 1 aliphatic heterocycles. The van der Waals surface area contributed by atoms with Gasteiger partial charge in [-0.15, -0.1) is 0 Å². The molecule has 1 aliphatic rings. The first kappa shape index (κ1) is 28.0. The molecule has 198 valence electrons. The van der Waals surface area contributed by atoms with Crippen LogP contribution in [0.1, 0.15) is 27.0 Å². The largest absolute Gasteiger partial charge is 0.462 e. The summed E-state index contributed by atoms with van der Waals surface area (Å²) in [6.45, 7) is 3.98. The zero-order valence-corrected chi connectivity index (χ0v) is 21.3. The van der Waals surface area contributed by atoms with Crippen molar-refractivity contribution in [3.63, 3.8) is 0 Å². The predicted molar refractivity (Wildman–Crippen MR) is 127 cm³/mol. The number of ether oxygens (including phenoxy) is 2. The van der Waals surface area contributed by atoms with Crippen LogP contribution in [0, 0.1) is 0 Å². The van der Waals surface area contributed by atoms with Gasteiger partial charge in [0.25, 0.3) is 5.13 Å². The molecule has 6 atom stereocenters. The monoisotopic (exact) mass is 548 g/mol. The Labute approximate surface area is 211 Å². The summed E-state index contributed by atoms with van der Waals surface area (Å²) in [7, 11) is -4.33. The number of anilines is 1. The Morgan fingerprint density at radius 1 is 1.36 bits per heavy atom. The molecule has 2 aromatic rings. The maximum absolute atomic E-state index is 15.2. The van der Waals surface area contributed by atoms with Gasteiger partial charge >= 0.3 is 19.4 Å². The molecule has 0 unspecified atom stereocenters. The minimum atomic E-state index is -4.33. The highest BCUT2D eigenvalue weighted by atomic mass is 35.5. The number of para-hydroxylation sites is 1. The van der Waals surface area contributed by atoms with Crippen molar-refractivity contribution in [1.29, 1.82) is 0 Å². The number of benzene rings is 1. The van der Waals surface area contributed by atoms with Crippen LogP contribution in [0.2, 0.25) is 0 Å². The molecule has 4 N–H and O–H groups in total. The minimum Gasteiger partial charge on any atom is -0.462 e. The number of nitrogens with two attached hydrogens (primary N) is 1. The van der Waals surface area contributed by atoms with Gasteiger partial charge in [0.05, 0.1) is 12.7 Å². The van der Waals surface area contributed by atoms with Gasteiger partial charge in [-0.1, -0.05) is 29.8 Å². The Bertz CT molecular complexity index is 1170. The molecule has 0 radical (unpaired) electrons. The van der Waals surface area contributed by atoms with E-state index in [0.29, 0.717) is 0 Å². The zero-order chi connectivity index (χ0) is 26.7. The van der Waals surface area contributed by atoms with Crippen LogP contribution in [0.3, 0.4) is 0 Å². The number of nitrogens with one attached hydrogen (secondary N) is 1. The number of alkyl halides is 2. The van der Waals surface area contributed by atoms with Gasteiger partial charge in [-0.3, -0.25) is 13.9 Å². The van der Waals surface area contributed by atoms with E-state index in [0.717, 1.165) is 10.8 Å². The molecule has 1 saturated heterocycles. The molecule has 1 aromatic carbocycles. The first-order valence-corrected chi connectivity index (χ1v) is 12.8. The van der Waals surface area contributed by atoms with E-state index in [-0.39, 0.29) is 11.6 Å². The lowest BCUT2D eigenvalue weighted by atomic mass is 10.1. The molecule has 0 aliphatic carbocycles. The van der Waals surface area contributed by atoms with E-state index in [4.69, 9.17) is 35.9 Å². The summed E-state index contributed by atoms with van der Waals surface area (Å²) in [5.41, 5.74) is 4.48. The SMILES string of the molecule is CC(C)OC(=O)[C@H](C)N[P@](=O)(OC[C@H]1O[C@@H](n2ccc(N)nc2=O)[C@@](F)(Cl)[C@@H]1O)Oc1ccccc1. The quantitative estimate of drug-likeness (QED) is 0.226. The Kier molecular flexibility index (Phi) is 8.75. The van der Waals surface area contributed by atoms with Crippen molar-refractivity contribution in [2.75, 3.05) is 12.3 Å². The fourth-order valence-electron chi connectivity index (χ4n) is 3.22. The number of carbonyl (C=O) groups excluding carboxylic acids is 1. The van der Waals surface area contributed by atoms with Crippen LogP contribution in [-0.2, 0) is 23.4 Å². The van der Waals surface area contributed by atoms with Crippen molar-refractivity contribution in [2.45, 2.75) is 56.5 Å². The van der Waals surface area contributed by atoms with Crippen LogP contribution in [0.15, 0.2) is 47.4 Å². The summed E-state index contributed by atoms with van der Waals surface area (Å²) >= 11 is 5.89. The van der Waals surface area contributed by atoms with Crippen LogP contribution in [0.4, 0.5) is 10.2 Å². The number of nitrogens with zero attached hydrogens (tertiary/aromatic N) is 2. The number of esters is 1. The second kappa shape index (κ2) is 11.2. The number of nitrogen functional groups attached to an aromatic ring is 1. The number of hydrogen-bond acceptors (Lipinski definition) is 10. The molecule has 0 saturated carbocycles. The smallest absolute Gasteiger partial charge is 0.459 e. The summed E-state index contributed by atoms with van der Waals surface area (Å²) in [5, 5.41) is 9.94. The summed E-state index contributed by atoms with van der Waals surface area (Å²) in [6.07, 6.45) is -4.62. The molecule has 1 aromatic heterocycles. The standard InChI is InChI=1S/C21H27ClFN4O8P/c1-12(2)33-18(29)13(3)26-36(31,35-14-7-5-4-6-8-14)32-11-15-17(28)21(22,23)19(34-15)27-10-9-16(24)25-20(27)30/h4-10,12-13,15,17,19,28H,11H2,1-3H3,(H,26,31)(H2,24,25,30)/t13-,15+,17+,19+,21+,36-/m0/s1. The van der Waals surface area contributed by atoms with Gasteiger partial charge in [0.1, 0.15) is 29.8 Å². The van der Waals surface area contributed by atoms with E-state index in [9.17, 15) is 19.3 Å². The van der Waals surface area contributed by atoms with Crippen LogP contribution in [-0.4, -0.2) is 56.7 Å². The average Bonchev–Trinajstić information content (AvgIpc) is 3.01. The number of aromatic nitrogens is 2. The lowest BCUT2D eigenvalue weighted by Gasteiger charge is -2.25. The molecule has 3 rings (SSSR count). The third-order valence-electron chi connectivity index (χ3n) is 4.92. The van der Waals surface area contributed by atoms with E-state index in [1.807, 2.05) is 0 Å². The average molecular weight is 549 g/mol. The minimum absolute atomic E-state index is 0.108. The van der Waals surface area contributed by atoms with Gasteiger partial charge in [-0.05, 0) is 39.0 Å². The fraction of sp³-hybridized carbons (Fsp3) is 0.476. The van der Waals surface area contributed by atoms with Gasteiger partial charge in [-0.25, -0.2) is 13.8 Å². The normalized spacial score (nSPS) is 26.4. The molecule has 36 heavy (non-hydrogen) atoms. The number of aliphatic hydroxyl groups is 1. The molecule has 1 fully saturated rings. The Hall–Kier alpha value is -2.54. The summed E-state index contributed by atoms with van der Waals surface area (Å²) < 4.78 is 51.0.